The Morgan fingerprint density at radius 3 is 2.44 bits per heavy atom. The molecule has 0 atom stereocenters. The van der Waals surface area contributed by atoms with Gasteiger partial charge in [-0.2, -0.15) is 0 Å². The van der Waals surface area contributed by atoms with Crippen LogP contribution in [-0.2, 0) is 11.8 Å². The molecule has 0 aliphatic carbocycles. The lowest BCUT2D eigenvalue weighted by atomic mass is 10.4. The quantitative estimate of drug-likeness (QED) is 0.590. The minimum Gasteiger partial charge on any atom is -0.477 e. The summed E-state index contributed by atoms with van der Waals surface area (Å²) in [7, 11) is 0. The molecule has 0 bridgehead atoms. The molecule has 0 amide bonds. The van der Waals surface area contributed by atoms with Crippen LogP contribution < -0.4 is 9.26 Å². The molecule has 0 unspecified atom stereocenters. The van der Waals surface area contributed by atoms with Crippen LogP contribution in [0.4, 0.5) is 0 Å². The molecule has 0 spiro atoms. The van der Waals surface area contributed by atoms with Gasteiger partial charge in [-0.05, 0) is 6.42 Å². The fourth-order valence-corrected chi connectivity index (χ4v) is 1.45. The van der Waals surface area contributed by atoms with Gasteiger partial charge in [0, 0.05) is 23.9 Å². The SMILES string of the molecule is CCCCOc1ccc(OP(O)(O)=S)nn1. The average Bonchev–Trinajstić information content (AvgIpc) is 2.19. The van der Waals surface area contributed by atoms with Crippen molar-refractivity contribution in [3.8, 4) is 11.8 Å². The number of ether oxygens (including phenoxy) is 1. The lowest BCUT2D eigenvalue weighted by Gasteiger charge is -2.08. The maximum atomic E-state index is 8.87. The van der Waals surface area contributed by atoms with Gasteiger partial charge in [0.1, 0.15) is 0 Å². The summed E-state index contributed by atoms with van der Waals surface area (Å²) in [4.78, 5) is 17.7. The normalized spacial score (nSPS) is 11.2. The van der Waals surface area contributed by atoms with Crippen molar-refractivity contribution in [1.82, 2.24) is 10.2 Å². The number of hydrogen-bond donors (Lipinski definition) is 2. The molecule has 0 saturated carbocycles. The molecule has 0 radical (unpaired) electrons. The molecule has 2 N–H and O–H groups in total. The van der Waals surface area contributed by atoms with E-state index in [9.17, 15) is 0 Å². The van der Waals surface area contributed by atoms with Crippen molar-refractivity contribution in [2.24, 2.45) is 0 Å². The summed E-state index contributed by atoms with van der Waals surface area (Å²) in [6.07, 6.45) is 1.97. The summed E-state index contributed by atoms with van der Waals surface area (Å²) >= 11 is 4.29. The highest BCUT2D eigenvalue weighted by Gasteiger charge is 2.11. The molecule has 1 aromatic heterocycles. The van der Waals surface area contributed by atoms with Gasteiger partial charge in [0.05, 0.1) is 6.61 Å². The monoisotopic (exact) mass is 264 g/mol. The van der Waals surface area contributed by atoms with E-state index in [0.29, 0.717) is 12.5 Å². The van der Waals surface area contributed by atoms with E-state index in [0.717, 1.165) is 12.8 Å². The Balaban J connectivity index is 2.51. The highest BCUT2D eigenvalue weighted by Crippen LogP contribution is 2.36. The van der Waals surface area contributed by atoms with E-state index in [1.807, 2.05) is 0 Å². The first-order chi connectivity index (χ1) is 7.51. The first-order valence-corrected chi connectivity index (χ1v) is 7.35. The predicted molar refractivity (Wildman–Crippen MR) is 61.8 cm³/mol. The van der Waals surface area contributed by atoms with Crippen LogP contribution >= 0.6 is 6.72 Å². The third kappa shape index (κ3) is 5.37. The molecule has 0 fully saturated rings. The third-order valence-corrected chi connectivity index (χ3v) is 2.22. The molecule has 0 aliphatic rings. The molecular formula is C8H13N2O4PS. The second-order valence-electron chi connectivity index (χ2n) is 2.99. The van der Waals surface area contributed by atoms with Crippen LogP contribution in [0.25, 0.3) is 0 Å². The summed E-state index contributed by atoms with van der Waals surface area (Å²) in [5.41, 5.74) is 0. The molecule has 0 aliphatic heterocycles. The maximum Gasteiger partial charge on any atom is 0.376 e. The van der Waals surface area contributed by atoms with Crippen molar-refractivity contribution in [2.75, 3.05) is 6.61 Å². The molecule has 6 nitrogen and oxygen atoms in total. The van der Waals surface area contributed by atoms with E-state index in [1.165, 1.54) is 12.1 Å². The van der Waals surface area contributed by atoms with Gasteiger partial charge in [0.25, 0.3) is 0 Å². The zero-order chi connectivity index (χ0) is 12.0. The fraction of sp³-hybridized carbons (Fsp3) is 0.500. The maximum absolute atomic E-state index is 8.87. The first kappa shape index (κ1) is 13.3. The standard InChI is InChI=1S/C8H13N2O4PS/c1-2-3-6-13-7-4-5-8(10-9-7)14-15(11,12)16/h4-5H,2-3,6H2,1H3,(H2,11,12,16). The second kappa shape index (κ2) is 6.10. The van der Waals surface area contributed by atoms with Gasteiger partial charge < -0.3 is 19.0 Å². The molecule has 0 saturated heterocycles. The number of aromatic nitrogens is 2. The van der Waals surface area contributed by atoms with Gasteiger partial charge in [0.2, 0.25) is 11.8 Å². The van der Waals surface area contributed by atoms with Crippen molar-refractivity contribution >= 4 is 18.5 Å². The summed E-state index contributed by atoms with van der Waals surface area (Å²) in [6.45, 7) is -1.11. The molecular weight excluding hydrogens is 251 g/mol. The zero-order valence-corrected chi connectivity index (χ0v) is 10.4. The first-order valence-electron chi connectivity index (χ1n) is 4.73. The van der Waals surface area contributed by atoms with Crippen LogP contribution in [0, 0.1) is 0 Å². The minimum absolute atomic E-state index is 0.0313. The number of unbranched alkanes of at least 4 members (excludes halogenated alkanes) is 1. The fourth-order valence-electron chi connectivity index (χ4n) is 0.876. The van der Waals surface area contributed by atoms with Gasteiger partial charge >= 0.3 is 6.72 Å². The van der Waals surface area contributed by atoms with E-state index in [1.54, 1.807) is 0 Å². The topological polar surface area (TPSA) is 84.7 Å². The van der Waals surface area contributed by atoms with Crippen LogP contribution in [0.1, 0.15) is 19.8 Å². The Hall–Kier alpha value is -0.750. The highest BCUT2D eigenvalue weighted by atomic mass is 32.5. The Labute approximate surface area is 98.5 Å². The van der Waals surface area contributed by atoms with E-state index < -0.39 is 6.72 Å². The van der Waals surface area contributed by atoms with Crippen LogP contribution in [-0.4, -0.2) is 26.6 Å². The molecule has 1 rings (SSSR count). The molecule has 1 heterocycles. The smallest absolute Gasteiger partial charge is 0.376 e. The van der Waals surface area contributed by atoms with Crippen LogP contribution in [0.2, 0.25) is 0 Å². The Morgan fingerprint density at radius 2 is 1.94 bits per heavy atom. The van der Waals surface area contributed by atoms with Crippen molar-refractivity contribution in [1.29, 1.82) is 0 Å². The lowest BCUT2D eigenvalue weighted by molar-refractivity contribution is 0.291. The van der Waals surface area contributed by atoms with Gasteiger partial charge in [-0.15, -0.1) is 10.2 Å². The van der Waals surface area contributed by atoms with Crippen molar-refractivity contribution in [2.45, 2.75) is 19.8 Å². The summed E-state index contributed by atoms with van der Waals surface area (Å²) in [5, 5.41) is 7.27. The highest BCUT2D eigenvalue weighted by molar-refractivity contribution is 8.06. The molecule has 8 heteroatoms. The Morgan fingerprint density at radius 1 is 1.31 bits per heavy atom. The second-order valence-corrected chi connectivity index (χ2v) is 5.58. The largest absolute Gasteiger partial charge is 0.477 e. The van der Waals surface area contributed by atoms with Crippen molar-refractivity contribution in [3.63, 3.8) is 0 Å². The zero-order valence-electron chi connectivity index (χ0n) is 8.74. The number of nitrogens with zero attached hydrogens (tertiary/aromatic N) is 2. The molecule has 1 aromatic rings. The molecule has 0 aromatic carbocycles. The predicted octanol–water partition coefficient (Wildman–Crippen LogP) is 1.24. The van der Waals surface area contributed by atoms with Crippen LogP contribution in [0.3, 0.4) is 0 Å². The average molecular weight is 264 g/mol. The third-order valence-electron chi connectivity index (χ3n) is 1.58. The van der Waals surface area contributed by atoms with E-state index in [2.05, 4.69) is 33.5 Å². The lowest BCUT2D eigenvalue weighted by Crippen LogP contribution is -2.00. The van der Waals surface area contributed by atoms with Gasteiger partial charge in [-0.25, -0.2) is 0 Å². The summed E-state index contributed by atoms with van der Waals surface area (Å²) < 4.78 is 9.85. The minimum atomic E-state index is -3.74. The van der Waals surface area contributed by atoms with Gasteiger partial charge in [-0.1, -0.05) is 13.3 Å². The van der Waals surface area contributed by atoms with E-state index in [-0.39, 0.29) is 5.88 Å². The van der Waals surface area contributed by atoms with Crippen molar-refractivity contribution < 1.29 is 19.0 Å². The molecule has 90 valence electrons. The van der Waals surface area contributed by atoms with Gasteiger partial charge in [0.15, 0.2) is 0 Å². The molecule has 16 heavy (non-hydrogen) atoms. The van der Waals surface area contributed by atoms with Crippen LogP contribution in [0.15, 0.2) is 12.1 Å². The van der Waals surface area contributed by atoms with Crippen molar-refractivity contribution in [3.05, 3.63) is 12.1 Å². The van der Waals surface area contributed by atoms with E-state index >= 15 is 0 Å². The summed E-state index contributed by atoms with van der Waals surface area (Å²) in [6, 6.07) is 2.95. The van der Waals surface area contributed by atoms with E-state index in [4.69, 9.17) is 14.5 Å². The Bertz CT molecular complexity index is 367. The number of hydrogen-bond acceptors (Lipinski definition) is 5. The summed E-state index contributed by atoms with van der Waals surface area (Å²) in [5.74, 6) is 0.334. The van der Waals surface area contributed by atoms with Gasteiger partial charge in [-0.3, -0.25) is 0 Å². The van der Waals surface area contributed by atoms with Crippen LogP contribution in [0.5, 0.6) is 11.8 Å². The Kier molecular flexibility index (Phi) is 5.08. The number of rotatable bonds is 6.